The van der Waals surface area contributed by atoms with E-state index in [1.165, 1.54) is 10.7 Å². The van der Waals surface area contributed by atoms with Gasteiger partial charge in [0.05, 0.1) is 10.7 Å². The van der Waals surface area contributed by atoms with Crippen molar-refractivity contribution in [1.82, 2.24) is 9.78 Å². The molecule has 6 nitrogen and oxygen atoms in total. The number of carboxylic acids is 1. The monoisotopic (exact) mass is 294 g/mol. The number of hydrogen-bond acceptors (Lipinski definition) is 4. The Morgan fingerprint density at radius 2 is 2.20 bits per heavy atom. The van der Waals surface area contributed by atoms with Crippen LogP contribution in [0.4, 0.5) is 0 Å². The van der Waals surface area contributed by atoms with Crippen molar-refractivity contribution in [3.63, 3.8) is 0 Å². The van der Waals surface area contributed by atoms with Crippen molar-refractivity contribution in [2.24, 2.45) is 7.05 Å². The Morgan fingerprint density at radius 3 is 2.85 bits per heavy atom. The molecule has 0 saturated carbocycles. The molecule has 2 aromatic rings. The molecule has 3 rings (SSSR count). The van der Waals surface area contributed by atoms with Crippen LogP contribution in [0, 0.1) is 6.92 Å². The van der Waals surface area contributed by atoms with Gasteiger partial charge in [-0.3, -0.25) is 4.68 Å². The van der Waals surface area contributed by atoms with E-state index < -0.39 is 5.97 Å². The lowest BCUT2D eigenvalue weighted by Gasteiger charge is -2.11. The first-order chi connectivity index (χ1) is 9.49. The minimum Gasteiger partial charge on any atom is -0.476 e. The number of halogens is 1. The normalized spacial score (nSPS) is 12.8. The Morgan fingerprint density at radius 1 is 1.45 bits per heavy atom. The maximum Gasteiger partial charge on any atom is 0.356 e. The smallest absolute Gasteiger partial charge is 0.356 e. The Hall–Kier alpha value is -2.21. The molecular formula is C13H11ClN2O4. The van der Waals surface area contributed by atoms with Gasteiger partial charge in [0, 0.05) is 24.2 Å². The lowest BCUT2D eigenvalue weighted by atomic mass is 10.0. The van der Waals surface area contributed by atoms with E-state index in [0.717, 1.165) is 5.56 Å². The van der Waals surface area contributed by atoms with Crippen LogP contribution < -0.4 is 9.47 Å². The van der Waals surface area contributed by atoms with E-state index in [4.69, 9.17) is 26.2 Å². The van der Waals surface area contributed by atoms with Gasteiger partial charge in [-0.25, -0.2) is 4.79 Å². The van der Waals surface area contributed by atoms with E-state index in [1.807, 2.05) is 6.92 Å². The zero-order valence-electron chi connectivity index (χ0n) is 10.8. The second kappa shape index (κ2) is 4.42. The highest BCUT2D eigenvalue weighted by molar-refractivity contribution is 6.33. The van der Waals surface area contributed by atoms with Crippen LogP contribution in [0.1, 0.15) is 16.1 Å². The Kier molecular flexibility index (Phi) is 2.83. The van der Waals surface area contributed by atoms with Crippen molar-refractivity contribution in [3.8, 4) is 22.8 Å². The molecule has 1 aliphatic rings. The third-order valence-corrected chi connectivity index (χ3v) is 3.51. The highest BCUT2D eigenvalue weighted by atomic mass is 35.5. The Labute approximate surface area is 119 Å². The van der Waals surface area contributed by atoms with Crippen LogP contribution in [-0.4, -0.2) is 27.6 Å². The Balaban J connectivity index is 2.23. The zero-order chi connectivity index (χ0) is 14.4. The number of carbonyl (C=O) groups is 1. The number of nitrogens with zero attached hydrogens (tertiary/aromatic N) is 2. The van der Waals surface area contributed by atoms with Gasteiger partial charge in [0.25, 0.3) is 0 Å². The van der Waals surface area contributed by atoms with Gasteiger partial charge in [0.2, 0.25) is 6.79 Å². The summed E-state index contributed by atoms with van der Waals surface area (Å²) in [5, 5.41) is 13.4. The molecule has 0 fully saturated rings. The van der Waals surface area contributed by atoms with Gasteiger partial charge in [-0.15, -0.1) is 0 Å². The number of aryl methyl sites for hydroxylation is 1. The lowest BCUT2D eigenvalue weighted by molar-refractivity contribution is 0.0689. The van der Waals surface area contributed by atoms with Gasteiger partial charge < -0.3 is 14.6 Å². The molecule has 1 aromatic carbocycles. The predicted molar refractivity (Wildman–Crippen MR) is 71.5 cm³/mol. The van der Waals surface area contributed by atoms with Gasteiger partial charge in [0.1, 0.15) is 0 Å². The fourth-order valence-corrected chi connectivity index (χ4v) is 2.63. The highest BCUT2D eigenvalue weighted by Crippen LogP contribution is 2.44. The van der Waals surface area contributed by atoms with Crippen molar-refractivity contribution in [1.29, 1.82) is 0 Å². The topological polar surface area (TPSA) is 73.6 Å². The number of fused-ring (bicyclic) bond motifs is 1. The summed E-state index contributed by atoms with van der Waals surface area (Å²) in [6.07, 6.45) is 0. The van der Waals surface area contributed by atoms with E-state index in [2.05, 4.69) is 5.10 Å². The number of hydrogen-bond donors (Lipinski definition) is 1. The summed E-state index contributed by atoms with van der Waals surface area (Å²) in [5.41, 5.74) is 2.07. The molecule has 1 N–H and O–H groups in total. The molecule has 0 radical (unpaired) electrons. The van der Waals surface area contributed by atoms with Gasteiger partial charge in [-0.05, 0) is 13.0 Å². The van der Waals surface area contributed by atoms with Crippen LogP contribution >= 0.6 is 11.6 Å². The molecule has 0 atom stereocenters. The van der Waals surface area contributed by atoms with Crippen molar-refractivity contribution in [2.45, 2.75) is 6.92 Å². The summed E-state index contributed by atoms with van der Waals surface area (Å²) in [4.78, 5) is 11.0. The third kappa shape index (κ3) is 1.80. The third-order valence-electron chi connectivity index (χ3n) is 3.21. The van der Waals surface area contributed by atoms with Crippen LogP contribution in [-0.2, 0) is 7.05 Å². The van der Waals surface area contributed by atoms with E-state index in [-0.39, 0.29) is 12.5 Å². The largest absolute Gasteiger partial charge is 0.476 e. The number of ether oxygens (including phenoxy) is 2. The summed E-state index contributed by atoms with van der Waals surface area (Å²) in [7, 11) is 1.67. The second-order valence-electron chi connectivity index (χ2n) is 4.44. The van der Waals surface area contributed by atoms with Crippen LogP contribution in [0.25, 0.3) is 11.3 Å². The molecule has 20 heavy (non-hydrogen) atoms. The first kappa shape index (κ1) is 12.8. The first-order valence-electron chi connectivity index (χ1n) is 5.85. The van der Waals surface area contributed by atoms with Crippen molar-refractivity contribution in [3.05, 3.63) is 28.4 Å². The molecule has 0 bridgehead atoms. The SMILES string of the molecule is Cc1c2c(cc(Cl)c1-c1cc(C(=O)O)nn1C)OCO2. The highest BCUT2D eigenvalue weighted by Gasteiger charge is 2.24. The van der Waals surface area contributed by atoms with E-state index in [0.29, 0.717) is 27.8 Å². The minimum absolute atomic E-state index is 0.0318. The molecule has 0 unspecified atom stereocenters. The molecule has 0 spiro atoms. The lowest BCUT2D eigenvalue weighted by Crippen LogP contribution is -2.00. The summed E-state index contributed by atoms with van der Waals surface area (Å²) in [6, 6.07) is 3.15. The fraction of sp³-hybridized carbons (Fsp3) is 0.231. The average molecular weight is 295 g/mol. The van der Waals surface area contributed by atoms with Gasteiger partial charge in [-0.1, -0.05) is 11.6 Å². The molecule has 1 aromatic heterocycles. The van der Waals surface area contributed by atoms with Crippen molar-refractivity contribution in [2.75, 3.05) is 6.79 Å². The molecule has 104 valence electrons. The second-order valence-corrected chi connectivity index (χ2v) is 4.84. The Bertz CT molecular complexity index is 724. The fourth-order valence-electron chi connectivity index (χ4n) is 2.29. The summed E-state index contributed by atoms with van der Waals surface area (Å²) < 4.78 is 12.2. The maximum absolute atomic E-state index is 11.0. The number of rotatable bonds is 2. The van der Waals surface area contributed by atoms with Crippen molar-refractivity contribution >= 4 is 17.6 Å². The summed E-state index contributed by atoms with van der Waals surface area (Å²) >= 11 is 6.28. The van der Waals surface area contributed by atoms with Gasteiger partial charge in [-0.2, -0.15) is 5.10 Å². The van der Waals surface area contributed by atoms with E-state index in [9.17, 15) is 4.79 Å². The van der Waals surface area contributed by atoms with Crippen LogP contribution in [0.15, 0.2) is 12.1 Å². The quantitative estimate of drug-likeness (QED) is 0.921. The van der Waals surface area contributed by atoms with Crippen molar-refractivity contribution < 1.29 is 19.4 Å². The minimum atomic E-state index is -1.08. The average Bonchev–Trinajstić information content (AvgIpc) is 2.97. The number of carboxylic acid groups (broad SMARTS) is 1. The van der Waals surface area contributed by atoms with Crippen LogP contribution in [0.3, 0.4) is 0 Å². The molecule has 0 amide bonds. The summed E-state index contributed by atoms with van der Waals surface area (Å²) in [6.45, 7) is 2.00. The zero-order valence-corrected chi connectivity index (χ0v) is 11.6. The van der Waals surface area contributed by atoms with Crippen LogP contribution in [0.5, 0.6) is 11.5 Å². The molecular weight excluding hydrogens is 284 g/mol. The first-order valence-corrected chi connectivity index (χ1v) is 6.23. The maximum atomic E-state index is 11.0. The van der Waals surface area contributed by atoms with E-state index in [1.54, 1.807) is 13.1 Å². The molecule has 0 saturated heterocycles. The molecule has 2 heterocycles. The molecule has 0 aliphatic carbocycles. The van der Waals surface area contributed by atoms with E-state index >= 15 is 0 Å². The molecule has 7 heteroatoms. The number of aromatic carboxylic acids is 1. The van der Waals surface area contributed by atoms with Crippen LogP contribution in [0.2, 0.25) is 5.02 Å². The van der Waals surface area contributed by atoms with Gasteiger partial charge >= 0.3 is 5.97 Å². The van der Waals surface area contributed by atoms with Gasteiger partial charge in [0.15, 0.2) is 17.2 Å². The molecule has 1 aliphatic heterocycles. The number of aromatic nitrogens is 2. The summed E-state index contributed by atoms with van der Waals surface area (Å²) in [5.74, 6) is 0.140. The standard InChI is InChI=1S/C13H11ClN2O4/c1-6-11(7(14)3-10-12(6)20-5-19-10)9-4-8(13(17)18)15-16(9)2/h3-4H,5H2,1-2H3,(H,17,18). The number of benzene rings is 1. The predicted octanol–water partition coefficient (Wildman–Crippen LogP) is 2.48.